The van der Waals surface area contributed by atoms with E-state index in [1.54, 1.807) is 24.3 Å². The average molecular weight is 452 g/mol. The Morgan fingerprint density at radius 3 is 2.61 bits per heavy atom. The van der Waals surface area contributed by atoms with E-state index in [-0.39, 0.29) is 18.0 Å². The molecule has 1 amide bonds. The predicted octanol–water partition coefficient (Wildman–Crippen LogP) is 1.42. The van der Waals surface area contributed by atoms with Crippen molar-refractivity contribution in [2.45, 2.75) is 11.0 Å². The van der Waals surface area contributed by atoms with Gasteiger partial charge in [0.05, 0.1) is 33.0 Å². The lowest BCUT2D eigenvalue weighted by Gasteiger charge is -2.34. The molecule has 0 N–H and O–H groups in total. The lowest BCUT2D eigenvalue weighted by Crippen LogP contribution is -2.50. The minimum atomic E-state index is -4.25. The fourth-order valence-electron chi connectivity index (χ4n) is 3.11. The van der Waals surface area contributed by atoms with Crippen molar-refractivity contribution in [1.82, 2.24) is 4.31 Å². The SMILES string of the molecule is COC(=O)[C@@H]1CN(C(=O)CN(C)S(=O)(=O)c2cc(F)ccc2OC)c2ccccc2O1. The quantitative estimate of drug-likeness (QED) is 0.611. The molecule has 1 aliphatic rings. The topological polar surface area (TPSA) is 102 Å². The van der Waals surface area contributed by atoms with Crippen LogP contribution in [-0.2, 0) is 24.3 Å². The maximum Gasteiger partial charge on any atom is 0.348 e. The van der Waals surface area contributed by atoms with Crippen LogP contribution in [0.5, 0.6) is 11.5 Å². The van der Waals surface area contributed by atoms with Crippen molar-refractivity contribution in [2.24, 2.45) is 0 Å². The number of methoxy groups -OCH3 is 2. The van der Waals surface area contributed by atoms with E-state index in [4.69, 9.17) is 14.2 Å². The molecule has 11 heteroatoms. The van der Waals surface area contributed by atoms with Crippen LogP contribution in [0.2, 0.25) is 0 Å². The van der Waals surface area contributed by atoms with E-state index in [1.165, 1.54) is 32.2 Å². The van der Waals surface area contributed by atoms with Crippen LogP contribution in [0.3, 0.4) is 0 Å². The highest BCUT2D eigenvalue weighted by Gasteiger charge is 2.36. The molecule has 0 bridgehead atoms. The zero-order valence-electron chi connectivity index (χ0n) is 17.1. The molecule has 0 fully saturated rings. The van der Waals surface area contributed by atoms with E-state index in [0.29, 0.717) is 5.69 Å². The molecule has 1 aliphatic heterocycles. The number of amides is 1. The molecule has 0 radical (unpaired) electrons. The third-order valence-corrected chi connectivity index (χ3v) is 6.54. The van der Waals surface area contributed by atoms with Gasteiger partial charge in [-0.25, -0.2) is 17.6 Å². The molecule has 1 heterocycles. The third kappa shape index (κ3) is 4.47. The summed E-state index contributed by atoms with van der Waals surface area (Å²) in [6.45, 7) is -0.718. The number of ether oxygens (including phenoxy) is 3. The van der Waals surface area contributed by atoms with Gasteiger partial charge in [0.25, 0.3) is 0 Å². The number of halogens is 1. The maximum absolute atomic E-state index is 13.7. The zero-order chi connectivity index (χ0) is 22.8. The minimum Gasteiger partial charge on any atom is -0.495 e. The summed E-state index contributed by atoms with van der Waals surface area (Å²) in [6.07, 6.45) is -1.06. The Labute approximate surface area is 179 Å². The summed E-state index contributed by atoms with van der Waals surface area (Å²) in [5.41, 5.74) is 0.391. The normalized spacial score (nSPS) is 15.8. The van der Waals surface area contributed by atoms with Gasteiger partial charge in [-0.2, -0.15) is 4.31 Å². The number of hydrogen-bond donors (Lipinski definition) is 0. The van der Waals surface area contributed by atoms with Crippen LogP contribution in [0.25, 0.3) is 0 Å². The monoisotopic (exact) mass is 452 g/mol. The van der Waals surface area contributed by atoms with Gasteiger partial charge in [0, 0.05) is 7.05 Å². The van der Waals surface area contributed by atoms with E-state index in [2.05, 4.69) is 0 Å². The van der Waals surface area contributed by atoms with Crippen LogP contribution in [0.4, 0.5) is 10.1 Å². The predicted molar refractivity (Wildman–Crippen MR) is 108 cm³/mol. The first-order valence-electron chi connectivity index (χ1n) is 9.12. The number of anilines is 1. The number of carbonyl (C=O) groups is 2. The molecule has 1 atom stereocenters. The van der Waals surface area contributed by atoms with E-state index in [1.807, 2.05) is 0 Å². The number of likely N-dealkylation sites (N-methyl/N-ethyl adjacent to an activating group) is 1. The van der Waals surface area contributed by atoms with Crippen molar-refractivity contribution < 1.29 is 36.6 Å². The van der Waals surface area contributed by atoms with E-state index in [9.17, 15) is 22.4 Å². The molecular weight excluding hydrogens is 431 g/mol. The zero-order valence-corrected chi connectivity index (χ0v) is 17.9. The molecule has 0 saturated heterocycles. The summed E-state index contributed by atoms with van der Waals surface area (Å²) in [4.78, 5) is 25.9. The van der Waals surface area contributed by atoms with Crippen molar-refractivity contribution in [2.75, 3.05) is 39.3 Å². The number of benzene rings is 2. The number of para-hydroxylation sites is 2. The van der Waals surface area contributed by atoms with Gasteiger partial charge in [0.15, 0.2) is 0 Å². The van der Waals surface area contributed by atoms with Crippen LogP contribution in [0.1, 0.15) is 0 Å². The van der Waals surface area contributed by atoms with Crippen molar-refractivity contribution in [1.29, 1.82) is 0 Å². The molecule has 2 aromatic carbocycles. The fourth-order valence-corrected chi connectivity index (χ4v) is 4.39. The molecule has 0 aromatic heterocycles. The first-order valence-corrected chi connectivity index (χ1v) is 10.6. The standard InChI is InChI=1S/C20H21FN2O7S/c1-22(31(26,27)18-10-13(21)8-9-16(18)28-2)12-19(24)23-11-17(20(25)29-3)30-15-7-5-4-6-14(15)23/h4-10,17H,11-12H2,1-3H3/t17-/m0/s1. The molecule has 0 unspecified atom stereocenters. The van der Waals surface area contributed by atoms with Crippen LogP contribution < -0.4 is 14.4 Å². The number of hydrogen-bond acceptors (Lipinski definition) is 7. The molecule has 2 aromatic rings. The third-order valence-electron chi connectivity index (χ3n) is 4.71. The van der Waals surface area contributed by atoms with Crippen molar-refractivity contribution in [3.63, 3.8) is 0 Å². The van der Waals surface area contributed by atoms with Gasteiger partial charge >= 0.3 is 5.97 Å². The van der Waals surface area contributed by atoms with Gasteiger partial charge in [-0.3, -0.25) is 4.79 Å². The molecule has 3 rings (SSSR count). The number of esters is 1. The summed E-state index contributed by atoms with van der Waals surface area (Å²) in [6, 6.07) is 9.64. The molecule has 9 nitrogen and oxygen atoms in total. The molecular formula is C20H21FN2O7S. The van der Waals surface area contributed by atoms with Crippen LogP contribution in [-0.4, -0.2) is 65.1 Å². The van der Waals surface area contributed by atoms with Gasteiger partial charge in [-0.15, -0.1) is 0 Å². The largest absolute Gasteiger partial charge is 0.495 e. The van der Waals surface area contributed by atoms with Crippen molar-refractivity contribution in [3.05, 3.63) is 48.3 Å². The molecule has 0 spiro atoms. The number of carbonyl (C=O) groups excluding carboxylic acids is 2. The van der Waals surface area contributed by atoms with E-state index >= 15 is 0 Å². The van der Waals surface area contributed by atoms with Gasteiger partial charge in [0.1, 0.15) is 22.2 Å². The fraction of sp³-hybridized carbons (Fsp3) is 0.300. The van der Waals surface area contributed by atoms with E-state index in [0.717, 1.165) is 16.4 Å². The molecule has 31 heavy (non-hydrogen) atoms. The molecule has 0 aliphatic carbocycles. The van der Waals surface area contributed by atoms with Crippen LogP contribution >= 0.6 is 0 Å². The Bertz CT molecular complexity index is 1110. The Balaban J connectivity index is 1.88. The van der Waals surface area contributed by atoms with E-state index < -0.39 is 45.3 Å². The first kappa shape index (κ1) is 22.5. The van der Waals surface area contributed by atoms with Gasteiger partial charge in [0.2, 0.25) is 22.0 Å². The summed E-state index contributed by atoms with van der Waals surface area (Å²) >= 11 is 0. The van der Waals surface area contributed by atoms with Gasteiger partial charge in [-0.1, -0.05) is 12.1 Å². The second-order valence-electron chi connectivity index (χ2n) is 6.66. The highest BCUT2D eigenvalue weighted by atomic mass is 32.2. The Morgan fingerprint density at radius 2 is 1.94 bits per heavy atom. The average Bonchev–Trinajstić information content (AvgIpc) is 2.77. The van der Waals surface area contributed by atoms with Crippen LogP contribution in [0.15, 0.2) is 47.4 Å². The number of nitrogens with zero attached hydrogens (tertiary/aromatic N) is 2. The maximum atomic E-state index is 13.7. The Morgan fingerprint density at radius 1 is 1.23 bits per heavy atom. The number of sulfonamides is 1. The smallest absolute Gasteiger partial charge is 0.348 e. The minimum absolute atomic E-state index is 0.0526. The lowest BCUT2D eigenvalue weighted by atomic mass is 10.2. The Kier molecular flexibility index (Phi) is 6.46. The number of fused-ring (bicyclic) bond motifs is 1. The first-order chi connectivity index (χ1) is 14.7. The lowest BCUT2D eigenvalue weighted by molar-refractivity contribution is -0.148. The molecule has 0 saturated carbocycles. The summed E-state index contributed by atoms with van der Waals surface area (Å²) in [5.74, 6) is -1.80. The van der Waals surface area contributed by atoms with Crippen molar-refractivity contribution >= 4 is 27.6 Å². The number of rotatable bonds is 6. The highest BCUT2D eigenvalue weighted by molar-refractivity contribution is 7.89. The summed E-state index contributed by atoms with van der Waals surface area (Å²) in [7, 11) is -0.597. The Hall–Kier alpha value is -3.18. The summed E-state index contributed by atoms with van der Waals surface area (Å²) < 4.78 is 55.7. The second-order valence-corrected chi connectivity index (χ2v) is 8.67. The molecule has 166 valence electrons. The van der Waals surface area contributed by atoms with Crippen molar-refractivity contribution in [3.8, 4) is 11.5 Å². The van der Waals surface area contributed by atoms with Crippen LogP contribution in [0, 0.1) is 5.82 Å². The highest BCUT2D eigenvalue weighted by Crippen LogP contribution is 2.34. The second kappa shape index (κ2) is 8.90. The van der Waals surface area contributed by atoms with Gasteiger partial charge < -0.3 is 19.1 Å². The van der Waals surface area contributed by atoms with Gasteiger partial charge in [-0.05, 0) is 30.3 Å². The summed E-state index contributed by atoms with van der Waals surface area (Å²) in [5, 5.41) is 0.